The summed E-state index contributed by atoms with van der Waals surface area (Å²) in [5.41, 5.74) is 1.20. The summed E-state index contributed by atoms with van der Waals surface area (Å²) in [4.78, 5) is 15.2. The SMILES string of the molecule is CCN(CC)S(=O)(=O)c1cc(NC(=O)[C@H](C)N2CCC[C@H](C)C2)ccc1C. The fourth-order valence-corrected chi connectivity index (χ4v) is 5.36. The van der Waals surface area contributed by atoms with Crippen molar-refractivity contribution in [3.63, 3.8) is 0 Å². The third kappa shape index (κ3) is 5.09. The van der Waals surface area contributed by atoms with E-state index in [9.17, 15) is 13.2 Å². The van der Waals surface area contributed by atoms with Crippen LogP contribution in [-0.4, -0.2) is 55.8 Å². The Morgan fingerprint density at radius 3 is 2.59 bits per heavy atom. The summed E-state index contributed by atoms with van der Waals surface area (Å²) in [7, 11) is -3.57. The minimum atomic E-state index is -3.57. The van der Waals surface area contributed by atoms with Crippen LogP contribution < -0.4 is 5.32 Å². The number of aryl methyl sites for hydroxylation is 1. The topological polar surface area (TPSA) is 69.7 Å². The fourth-order valence-electron chi connectivity index (χ4n) is 3.65. The largest absolute Gasteiger partial charge is 0.325 e. The van der Waals surface area contributed by atoms with Crippen molar-refractivity contribution in [2.45, 2.75) is 58.4 Å². The predicted octanol–water partition coefficient (Wildman–Crippen LogP) is 3.08. The number of benzene rings is 1. The second kappa shape index (κ2) is 9.17. The number of carbonyl (C=O) groups is 1. The predicted molar refractivity (Wildman–Crippen MR) is 109 cm³/mol. The molecule has 1 fully saturated rings. The van der Waals surface area contributed by atoms with Crippen LogP contribution in [0.4, 0.5) is 5.69 Å². The summed E-state index contributed by atoms with van der Waals surface area (Å²) in [6.45, 7) is 12.2. The highest BCUT2D eigenvalue weighted by Crippen LogP contribution is 2.24. The Balaban J connectivity index is 2.19. The van der Waals surface area contributed by atoms with Crippen molar-refractivity contribution < 1.29 is 13.2 Å². The zero-order chi connectivity index (χ0) is 20.2. The van der Waals surface area contributed by atoms with Crippen molar-refractivity contribution in [1.82, 2.24) is 9.21 Å². The average Bonchev–Trinajstić information content (AvgIpc) is 2.63. The summed E-state index contributed by atoms with van der Waals surface area (Å²) in [5.74, 6) is 0.498. The molecule has 0 spiro atoms. The third-order valence-corrected chi connectivity index (χ3v) is 7.59. The van der Waals surface area contributed by atoms with Gasteiger partial charge in [0.2, 0.25) is 15.9 Å². The van der Waals surface area contributed by atoms with Gasteiger partial charge in [-0.1, -0.05) is 26.8 Å². The lowest BCUT2D eigenvalue weighted by Crippen LogP contribution is -2.46. The van der Waals surface area contributed by atoms with E-state index in [4.69, 9.17) is 0 Å². The number of likely N-dealkylation sites (tertiary alicyclic amines) is 1. The first-order valence-corrected chi connectivity index (χ1v) is 11.3. The molecule has 6 nitrogen and oxygen atoms in total. The molecule has 1 saturated heterocycles. The van der Waals surface area contributed by atoms with E-state index in [0.717, 1.165) is 19.5 Å². The summed E-state index contributed by atoms with van der Waals surface area (Å²) < 4.78 is 27.2. The Hall–Kier alpha value is -1.44. The number of hydrogen-bond donors (Lipinski definition) is 1. The maximum Gasteiger partial charge on any atom is 0.243 e. The minimum Gasteiger partial charge on any atom is -0.325 e. The molecule has 2 rings (SSSR count). The van der Waals surface area contributed by atoms with Gasteiger partial charge in [-0.25, -0.2) is 8.42 Å². The van der Waals surface area contributed by atoms with E-state index in [1.165, 1.54) is 10.7 Å². The Kier molecular flexibility index (Phi) is 7.42. The number of rotatable bonds is 7. The molecule has 1 N–H and O–H groups in total. The van der Waals surface area contributed by atoms with Crippen LogP contribution in [0, 0.1) is 12.8 Å². The average molecular weight is 396 g/mol. The van der Waals surface area contributed by atoms with Crippen LogP contribution in [0.1, 0.15) is 46.1 Å². The van der Waals surface area contributed by atoms with Gasteiger partial charge in [-0.3, -0.25) is 9.69 Å². The monoisotopic (exact) mass is 395 g/mol. The number of anilines is 1. The van der Waals surface area contributed by atoms with E-state index in [-0.39, 0.29) is 16.8 Å². The zero-order valence-electron chi connectivity index (χ0n) is 17.2. The van der Waals surface area contributed by atoms with Crippen molar-refractivity contribution in [2.24, 2.45) is 5.92 Å². The third-order valence-electron chi connectivity index (χ3n) is 5.39. The first-order valence-electron chi connectivity index (χ1n) is 9.86. The van der Waals surface area contributed by atoms with Crippen LogP contribution in [0.5, 0.6) is 0 Å². The van der Waals surface area contributed by atoms with Gasteiger partial charge < -0.3 is 5.32 Å². The van der Waals surface area contributed by atoms with Crippen molar-refractivity contribution >= 4 is 21.6 Å². The number of piperidine rings is 1. The second-order valence-electron chi connectivity index (χ2n) is 7.48. The van der Waals surface area contributed by atoms with Crippen LogP contribution in [0.3, 0.4) is 0 Å². The maximum absolute atomic E-state index is 12.9. The number of hydrogen-bond acceptors (Lipinski definition) is 4. The van der Waals surface area contributed by atoms with Crippen LogP contribution >= 0.6 is 0 Å². The Morgan fingerprint density at radius 1 is 1.33 bits per heavy atom. The van der Waals surface area contributed by atoms with E-state index >= 15 is 0 Å². The Labute approximate surface area is 164 Å². The van der Waals surface area contributed by atoms with Crippen molar-refractivity contribution in [2.75, 3.05) is 31.5 Å². The molecular weight excluding hydrogens is 362 g/mol. The van der Waals surface area contributed by atoms with Gasteiger partial charge >= 0.3 is 0 Å². The maximum atomic E-state index is 12.9. The Morgan fingerprint density at radius 2 is 2.00 bits per heavy atom. The zero-order valence-corrected chi connectivity index (χ0v) is 18.0. The smallest absolute Gasteiger partial charge is 0.243 e. The first-order chi connectivity index (χ1) is 12.7. The molecule has 1 heterocycles. The normalized spacial score (nSPS) is 19.9. The van der Waals surface area contributed by atoms with Gasteiger partial charge in [0.25, 0.3) is 0 Å². The molecule has 27 heavy (non-hydrogen) atoms. The lowest BCUT2D eigenvalue weighted by atomic mass is 9.99. The number of nitrogens with one attached hydrogen (secondary N) is 1. The standard InChI is InChI=1S/C20H33N3O3S/c1-6-23(7-2)27(25,26)19-13-18(11-10-16(19)4)21-20(24)17(5)22-12-8-9-15(3)14-22/h10-11,13,15,17H,6-9,12,14H2,1-5H3,(H,21,24)/t15-,17-/m0/s1. The number of nitrogens with zero attached hydrogens (tertiary/aromatic N) is 2. The highest BCUT2D eigenvalue weighted by Gasteiger charge is 2.27. The molecule has 1 aromatic carbocycles. The van der Waals surface area contributed by atoms with Crippen LogP contribution in [-0.2, 0) is 14.8 Å². The molecule has 0 unspecified atom stereocenters. The quantitative estimate of drug-likeness (QED) is 0.770. The van der Waals surface area contributed by atoms with Crippen LogP contribution in [0.25, 0.3) is 0 Å². The summed E-state index contributed by atoms with van der Waals surface area (Å²) in [5, 5.41) is 2.90. The molecule has 0 radical (unpaired) electrons. The summed E-state index contributed by atoms with van der Waals surface area (Å²) >= 11 is 0. The van der Waals surface area contributed by atoms with Gasteiger partial charge in [0.1, 0.15) is 0 Å². The van der Waals surface area contributed by atoms with Gasteiger partial charge in [-0.15, -0.1) is 0 Å². The second-order valence-corrected chi connectivity index (χ2v) is 9.38. The lowest BCUT2D eigenvalue weighted by Gasteiger charge is -2.34. The molecule has 1 amide bonds. The summed E-state index contributed by atoms with van der Waals surface area (Å²) in [6.07, 6.45) is 2.31. The molecule has 1 aromatic rings. The van der Waals surface area contributed by atoms with E-state index in [2.05, 4.69) is 17.1 Å². The van der Waals surface area contributed by atoms with Gasteiger partial charge in [0.15, 0.2) is 0 Å². The molecule has 0 saturated carbocycles. The lowest BCUT2D eigenvalue weighted by molar-refractivity contribution is -0.121. The fraction of sp³-hybridized carbons (Fsp3) is 0.650. The van der Waals surface area contributed by atoms with Crippen molar-refractivity contribution in [3.8, 4) is 0 Å². The number of amides is 1. The van der Waals surface area contributed by atoms with E-state index in [1.807, 2.05) is 20.8 Å². The molecule has 0 aromatic heterocycles. The Bertz CT molecular complexity index is 760. The molecular formula is C20H33N3O3S. The number of carbonyl (C=O) groups excluding carboxylic acids is 1. The van der Waals surface area contributed by atoms with Crippen LogP contribution in [0.2, 0.25) is 0 Å². The van der Waals surface area contributed by atoms with Gasteiger partial charge in [0.05, 0.1) is 10.9 Å². The molecule has 1 aliphatic rings. The van der Waals surface area contributed by atoms with Crippen LogP contribution in [0.15, 0.2) is 23.1 Å². The molecule has 0 aliphatic carbocycles. The summed E-state index contributed by atoms with van der Waals surface area (Å²) in [6, 6.07) is 4.85. The van der Waals surface area contributed by atoms with Crippen molar-refractivity contribution in [3.05, 3.63) is 23.8 Å². The van der Waals surface area contributed by atoms with E-state index < -0.39 is 10.0 Å². The minimum absolute atomic E-state index is 0.0980. The molecule has 0 bridgehead atoms. The number of sulfonamides is 1. The highest BCUT2D eigenvalue weighted by atomic mass is 32.2. The molecule has 2 atom stereocenters. The molecule has 1 aliphatic heterocycles. The van der Waals surface area contributed by atoms with E-state index in [0.29, 0.717) is 30.3 Å². The first kappa shape index (κ1) is 21.9. The van der Waals surface area contributed by atoms with Gasteiger partial charge in [0, 0.05) is 25.3 Å². The van der Waals surface area contributed by atoms with Gasteiger partial charge in [-0.2, -0.15) is 4.31 Å². The van der Waals surface area contributed by atoms with Gasteiger partial charge in [-0.05, 0) is 56.8 Å². The highest BCUT2D eigenvalue weighted by molar-refractivity contribution is 7.89. The molecule has 152 valence electrons. The van der Waals surface area contributed by atoms with E-state index in [1.54, 1.807) is 25.1 Å². The van der Waals surface area contributed by atoms with Crippen molar-refractivity contribution in [1.29, 1.82) is 0 Å². The molecule has 7 heteroatoms.